The minimum atomic E-state index is -0.881. The van der Waals surface area contributed by atoms with Crippen LogP contribution in [0.3, 0.4) is 0 Å². The van der Waals surface area contributed by atoms with E-state index in [-0.39, 0.29) is 0 Å². The van der Waals surface area contributed by atoms with Crippen LogP contribution < -0.4 is 4.74 Å². The van der Waals surface area contributed by atoms with Crippen molar-refractivity contribution in [3.05, 3.63) is 59.9 Å². The number of methoxy groups -OCH3 is 1. The summed E-state index contributed by atoms with van der Waals surface area (Å²) in [4.78, 5) is 4.22. The standard InChI is InChI=1S/C16H19NO3/c1-3-20-16(12-8-5-4-6-9-12)15(18)14-13(19-2)10-7-11-17-14/h4-11,15-16,18H,3H2,1-2H3. The predicted molar refractivity (Wildman–Crippen MR) is 76.6 cm³/mol. The molecule has 1 aromatic heterocycles. The summed E-state index contributed by atoms with van der Waals surface area (Å²) in [5, 5.41) is 10.6. The molecule has 2 unspecified atom stereocenters. The quantitative estimate of drug-likeness (QED) is 0.879. The Labute approximate surface area is 119 Å². The van der Waals surface area contributed by atoms with Crippen LogP contribution in [-0.2, 0) is 4.74 Å². The Morgan fingerprint density at radius 1 is 1.15 bits per heavy atom. The zero-order chi connectivity index (χ0) is 14.4. The lowest BCUT2D eigenvalue weighted by atomic mass is 10.0. The van der Waals surface area contributed by atoms with Gasteiger partial charge in [-0.05, 0) is 24.6 Å². The molecule has 2 atom stereocenters. The summed E-state index contributed by atoms with van der Waals surface area (Å²) in [6.45, 7) is 2.41. The van der Waals surface area contributed by atoms with Gasteiger partial charge in [-0.3, -0.25) is 4.98 Å². The Morgan fingerprint density at radius 3 is 2.55 bits per heavy atom. The Balaban J connectivity index is 2.34. The zero-order valence-corrected chi connectivity index (χ0v) is 11.7. The van der Waals surface area contributed by atoms with Gasteiger partial charge < -0.3 is 14.6 Å². The lowest BCUT2D eigenvalue weighted by Crippen LogP contribution is -2.16. The number of aliphatic hydroxyl groups is 1. The molecular formula is C16H19NO3. The van der Waals surface area contributed by atoms with Crippen LogP contribution in [-0.4, -0.2) is 23.8 Å². The van der Waals surface area contributed by atoms with E-state index in [0.717, 1.165) is 5.56 Å². The highest BCUT2D eigenvalue weighted by Crippen LogP contribution is 2.34. The van der Waals surface area contributed by atoms with Crippen molar-refractivity contribution in [2.75, 3.05) is 13.7 Å². The first-order chi connectivity index (χ1) is 9.77. The van der Waals surface area contributed by atoms with Crippen LogP contribution in [0.1, 0.15) is 30.4 Å². The molecule has 1 heterocycles. The minimum Gasteiger partial charge on any atom is -0.495 e. The van der Waals surface area contributed by atoms with Crippen LogP contribution in [0.15, 0.2) is 48.7 Å². The number of hydrogen-bond donors (Lipinski definition) is 1. The summed E-state index contributed by atoms with van der Waals surface area (Å²) in [6, 6.07) is 13.2. The maximum atomic E-state index is 10.6. The van der Waals surface area contributed by atoms with Gasteiger partial charge in [0.25, 0.3) is 0 Å². The Hall–Kier alpha value is -1.91. The summed E-state index contributed by atoms with van der Waals surface area (Å²) < 4.78 is 11.0. The van der Waals surface area contributed by atoms with Gasteiger partial charge in [-0.15, -0.1) is 0 Å². The van der Waals surface area contributed by atoms with Crippen LogP contribution in [0.5, 0.6) is 5.75 Å². The number of hydrogen-bond acceptors (Lipinski definition) is 4. The van der Waals surface area contributed by atoms with Gasteiger partial charge in [0.2, 0.25) is 0 Å². The zero-order valence-electron chi connectivity index (χ0n) is 11.7. The molecule has 4 heteroatoms. The van der Waals surface area contributed by atoms with Crippen LogP contribution in [0.25, 0.3) is 0 Å². The number of benzene rings is 1. The highest BCUT2D eigenvalue weighted by Gasteiger charge is 2.26. The van der Waals surface area contributed by atoms with Gasteiger partial charge in [0.1, 0.15) is 23.7 Å². The van der Waals surface area contributed by atoms with E-state index >= 15 is 0 Å². The van der Waals surface area contributed by atoms with Crippen molar-refractivity contribution in [3.8, 4) is 5.75 Å². The van der Waals surface area contributed by atoms with E-state index in [0.29, 0.717) is 18.1 Å². The number of ether oxygens (including phenoxy) is 2. The van der Waals surface area contributed by atoms with E-state index in [1.165, 1.54) is 0 Å². The average Bonchev–Trinajstić information content (AvgIpc) is 2.52. The largest absolute Gasteiger partial charge is 0.495 e. The number of aromatic nitrogens is 1. The highest BCUT2D eigenvalue weighted by atomic mass is 16.5. The molecule has 0 saturated carbocycles. The Morgan fingerprint density at radius 2 is 1.90 bits per heavy atom. The maximum Gasteiger partial charge on any atom is 0.143 e. The molecule has 106 valence electrons. The Bertz CT molecular complexity index is 530. The van der Waals surface area contributed by atoms with Gasteiger partial charge >= 0.3 is 0 Å². The van der Waals surface area contributed by atoms with Gasteiger partial charge in [0.05, 0.1) is 7.11 Å². The number of rotatable bonds is 6. The van der Waals surface area contributed by atoms with E-state index in [9.17, 15) is 5.11 Å². The molecule has 2 rings (SSSR count). The lowest BCUT2D eigenvalue weighted by molar-refractivity contribution is -0.0388. The molecule has 0 aliphatic heterocycles. The lowest BCUT2D eigenvalue weighted by Gasteiger charge is -2.24. The molecule has 0 radical (unpaired) electrons. The van der Waals surface area contributed by atoms with Crippen molar-refractivity contribution in [1.82, 2.24) is 4.98 Å². The summed E-state index contributed by atoms with van der Waals surface area (Å²) in [5.41, 5.74) is 1.40. The van der Waals surface area contributed by atoms with Crippen LogP contribution in [0, 0.1) is 0 Å². The smallest absolute Gasteiger partial charge is 0.143 e. The molecule has 0 saturated heterocycles. The fourth-order valence-electron chi connectivity index (χ4n) is 2.13. The number of nitrogens with zero attached hydrogens (tertiary/aromatic N) is 1. The first-order valence-electron chi connectivity index (χ1n) is 6.61. The SMILES string of the molecule is CCOC(c1ccccc1)C(O)c1ncccc1OC. The molecule has 0 fully saturated rings. The molecule has 0 spiro atoms. The molecule has 4 nitrogen and oxygen atoms in total. The summed E-state index contributed by atoms with van der Waals surface area (Å²) in [5.74, 6) is 0.556. The van der Waals surface area contributed by atoms with Crippen molar-refractivity contribution in [2.45, 2.75) is 19.1 Å². The van der Waals surface area contributed by atoms with Crippen molar-refractivity contribution < 1.29 is 14.6 Å². The fraction of sp³-hybridized carbons (Fsp3) is 0.312. The van der Waals surface area contributed by atoms with E-state index < -0.39 is 12.2 Å². The van der Waals surface area contributed by atoms with Gasteiger partial charge in [-0.1, -0.05) is 30.3 Å². The first kappa shape index (κ1) is 14.5. The summed E-state index contributed by atoms with van der Waals surface area (Å²) in [6.07, 6.45) is 0.285. The Kier molecular flexibility index (Phi) is 5.09. The molecule has 20 heavy (non-hydrogen) atoms. The highest BCUT2D eigenvalue weighted by molar-refractivity contribution is 5.31. The third-order valence-corrected chi connectivity index (χ3v) is 3.06. The number of aliphatic hydroxyl groups excluding tert-OH is 1. The second-order valence-electron chi connectivity index (χ2n) is 4.32. The van der Waals surface area contributed by atoms with E-state index in [1.807, 2.05) is 37.3 Å². The second kappa shape index (κ2) is 7.03. The van der Waals surface area contributed by atoms with E-state index in [1.54, 1.807) is 25.4 Å². The van der Waals surface area contributed by atoms with Crippen molar-refractivity contribution in [1.29, 1.82) is 0 Å². The molecule has 0 amide bonds. The number of pyridine rings is 1. The van der Waals surface area contributed by atoms with Crippen molar-refractivity contribution in [2.24, 2.45) is 0 Å². The summed E-state index contributed by atoms with van der Waals surface area (Å²) >= 11 is 0. The maximum absolute atomic E-state index is 10.6. The average molecular weight is 273 g/mol. The van der Waals surface area contributed by atoms with Crippen molar-refractivity contribution >= 4 is 0 Å². The molecule has 0 aliphatic rings. The fourth-order valence-corrected chi connectivity index (χ4v) is 2.13. The van der Waals surface area contributed by atoms with Crippen LogP contribution in [0.4, 0.5) is 0 Å². The third kappa shape index (κ3) is 3.15. The van der Waals surface area contributed by atoms with Crippen LogP contribution >= 0.6 is 0 Å². The molecule has 0 bridgehead atoms. The third-order valence-electron chi connectivity index (χ3n) is 3.06. The normalized spacial score (nSPS) is 13.8. The van der Waals surface area contributed by atoms with Gasteiger partial charge in [0, 0.05) is 12.8 Å². The minimum absolute atomic E-state index is 0.468. The van der Waals surface area contributed by atoms with Crippen LogP contribution in [0.2, 0.25) is 0 Å². The monoisotopic (exact) mass is 273 g/mol. The van der Waals surface area contributed by atoms with Gasteiger partial charge in [-0.2, -0.15) is 0 Å². The second-order valence-corrected chi connectivity index (χ2v) is 4.32. The van der Waals surface area contributed by atoms with Gasteiger partial charge in [0.15, 0.2) is 0 Å². The van der Waals surface area contributed by atoms with Crippen molar-refractivity contribution in [3.63, 3.8) is 0 Å². The molecular weight excluding hydrogens is 254 g/mol. The topological polar surface area (TPSA) is 51.6 Å². The first-order valence-corrected chi connectivity index (χ1v) is 6.61. The van der Waals surface area contributed by atoms with E-state index in [2.05, 4.69) is 4.98 Å². The van der Waals surface area contributed by atoms with Gasteiger partial charge in [-0.25, -0.2) is 0 Å². The predicted octanol–water partition coefficient (Wildman–Crippen LogP) is 2.90. The summed E-state index contributed by atoms with van der Waals surface area (Å²) in [7, 11) is 1.56. The molecule has 2 aromatic rings. The molecule has 0 aliphatic carbocycles. The molecule has 1 N–H and O–H groups in total. The molecule has 1 aromatic carbocycles. The van der Waals surface area contributed by atoms with E-state index in [4.69, 9.17) is 9.47 Å².